The van der Waals surface area contributed by atoms with Gasteiger partial charge >= 0.3 is 5.69 Å². The lowest BCUT2D eigenvalue weighted by Crippen LogP contribution is -2.40. The molecule has 0 saturated heterocycles. The number of carbonyl (C=O) groups is 1. The predicted octanol–water partition coefficient (Wildman–Crippen LogP) is 0.249. The maximum atomic E-state index is 12.7. The fraction of sp³-hybridized carbons (Fsp3) is 0.353. The van der Waals surface area contributed by atoms with Gasteiger partial charge in [-0.1, -0.05) is 24.3 Å². The molecule has 0 spiro atoms. The molecular formula is C17H19N3O4. The van der Waals surface area contributed by atoms with Gasteiger partial charge in [0.1, 0.15) is 5.56 Å². The van der Waals surface area contributed by atoms with Gasteiger partial charge in [0.15, 0.2) is 5.78 Å². The van der Waals surface area contributed by atoms with Crippen LogP contribution in [0.3, 0.4) is 0 Å². The molecule has 3 rings (SSSR count). The fourth-order valence-corrected chi connectivity index (χ4v) is 3.14. The van der Waals surface area contributed by atoms with E-state index in [4.69, 9.17) is 0 Å². The average molecular weight is 329 g/mol. The highest BCUT2D eigenvalue weighted by molar-refractivity contribution is 5.98. The molecule has 2 N–H and O–H groups in total. The lowest BCUT2D eigenvalue weighted by molar-refractivity contribution is 0.0960. The number of nitrogens with zero attached hydrogens (tertiary/aromatic N) is 2. The van der Waals surface area contributed by atoms with E-state index in [0.29, 0.717) is 0 Å². The van der Waals surface area contributed by atoms with Crippen molar-refractivity contribution in [3.05, 3.63) is 61.8 Å². The summed E-state index contributed by atoms with van der Waals surface area (Å²) in [6, 6.07) is 7.63. The van der Waals surface area contributed by atoms with Crippen LogP contribution in [0.5, 0.6) is 5.88 Å². The second-order valence-corrected chi connectivity index (χ2v) is 5.99. The smallest absolute Gasteiger partial charge is 0.333 e. The molecular weight excluding hydrogens is 310 g/mol. The van der Waals surface area contributed by atoms with Crippen molar-refractivity contribution in [2.75, 3.05) is 6.54 Å². The largest absolute Gasteiger partial charge is 0.494 e. The van der Waals surface area contributed by atoms with Crippen molar-refractivity contribution in [1.82, 2.24) is 14.5 Å². The van der Waals surface area contributed by atoms with Crippen LogP contribution in [0.1, 0.15) is 33.9 Å². The zero-order chi connectivity index (χ0) is 17.4. The molecule has 24 heavy (non-hydrogen) atoms. The van der Waals surface area contributed by atoms with Crippen molar-refractivity contribution < 1.29 is 9.90 Å². The minimum atomic E-state index is -0.773. The number of hydrogen-bond donors (Lipinski definition) is 2. The summed E-state index contributed by atoms with van der Waals surface area (Å²) in [5, 5.41) is 13.4. The van der Waals surface area contributed by atoms with Gasteiger partial charge in [0.25, 0.3) is 5.56 Å². The highest BCUT2D eigenvalue weighted by Gasteiger charge is 2.27. The Morgan fingerprint density at radius 1 is 1.25 bits per heavy atom. The number of ketones is 1. The molecule has 0 radical (unpaired) electrons. The van der Waals surface area contributed by atoms with Gasteiger partial charge in [-0.2, -0.15) is 0 Å². The maximum Gasteiger partial charge on any atom is 0.333 e. The Balaban J connectivity index is 1.98. The molecule has 2 heterocycles. The SMILES string of the molecule is Cn1c(O)c(C(=O)C[C@H]2NCCc3ccccc32)c(=O)n(C)c1=O. The van der Waals surface area contributed by atoms with E-state index in [1.54, 1.807) is 0 Å². The summed E-state index contributed by atoms with van der Waals surface area (Å²) in [6.45, 7) is 0.742. The van der Waals surface area contributed by atoms with Gasteiger partial charge in [-0.15, -0.1) is 0 Å². The number of fused-ring (bicyclic) bond motifs is 1. The molecule has 7 heteroatoms. The van der Waals surface area contributed by atoms with E-state index in [0.717, 1.165) is 27.7 Å². The third-order valence-corrected chi connectivity index (χ3v) is 4.52. The van der Waals surface area contributed by atoms with E-state index < -0.39 is 22.9 Å². The Morgan fingerprint density at radius 2 is 1.96 bits per heavy atom. The Bertz CT molecular complexity index is 926. The minimum absolute atomic E-state index is 0.0397. The van der Waals surface area contributed by atoms with Gasteiger partial charge in [-0.3, -0.25) is 18.7 Å². The molecule has 0 saturated carbocycles. The molecule has 0 bridgehead atoms. The van der Waals surface area contributed by atoms with Gasteiger partial charge in [-0.05, 0) is 24.1 Å². The number of hydrogen-bond acceptors (Lipinski definition) is 5. The van der Waals surface area contributed by atoms with E-state index >= 15 is 0 Å². The van der Waals surface area contributed by atoms with Gasteiger partial charge in [-0.25, -0.2) is 4.79 Å². The first kappa shape index (κ1) is 16.2. The minimum Gasteiger partial charge on any atom is -0.494 e. The molecule has 1 aromatic heterocycles. The van der Waals surface area contributed by atoms with Crippen LogP contribution >= 0.6 is 0 Å². The Kier molecular flexibility index (Phi) is 4.11. The lowest BCUT2D eigenvalue weighted by Gasteiger charge is -2.26. The molecule has 1 atom stereocenters. The molecule has 0 unspecified atom stereocenters. The van der Waals surface area contributed by atoms with Crippen molar-refractivity contribution in [1.29, 1.82) is 0 Å². The number of aromatic hydroxyl groups is 1. The second-order valence-electron chi connectivity index (χ2n) is 5.99. The molecule has 7 nitrogen and oxygen atoms in total. The predicted molar refractivity (Wildman–Crippen MR) is 88.4 cm³/mol. The lowest BCUT2D eigenvalue weighted by atomic mass is 9.90. The Morgan fingerprint density at radius 3 is 2.71 bits per heavy atom. The van der Waals surface area contributed by atoms with Crippen LogP contribution < -0.4 is 16.6 Å². The maximum absolute atomic E-state index is 12.7. The van der Waals surface area contributed by atoms with Crippen molar-refractivity contribution >= 4 is 5.78 Å². The van der Waals surface area contributed by atoms with Gasteiger partial charge < -0.3 is 10.4 Å². The summed E-state index contributed by atoms with van der Waals surface area (Å²) in [7, 11) is 2.61. The molecule has 0 fully saturated rings. The van der Waals surface area contributed by atoms with Crippen LogP contribution in [0.2, 0.25) is 0 Å². The van der Waals surface area contributed by atoms with Crippen molar-refractivity contribution in [3.8, 4) is 5.88 Å². The molecule has 0 amide bonds. The normalized spacial score (nSPS) is 16.7. The Hall–Kier alpha value is -2.67. The van der Waals surface area contributed by atoms with Gasteiger partial charge in [0.05, 0.1) is 0 Å². The Labute approximate surface area is 138 Å². The summed E-state index contributed by atoms with van der Waals surface area (Å²) in [4.78, 5) is 36.7. The highest BCUT2D eigenvalue weighted by Crippen LogP contribution is 2.27. The number of Topliss-reactive ketones (excluding diaryl/α,β-unsaturated/α-hetero) is 1. The van der Waals surface area contributed by atoms with E-state index in [-0.39, 0.29) is 18.0 Å². The fourth-order valence-electron chi connectivity index (χ4n) is 3.14. The molecule has 1 aliphatic heterocycles. The van der Waals surface area contributed by atoms with E-state index in [1.165, 1.54) is 19.7 Å². The van der Waals surface area contributed by atoms with Crippen LogP contribution in [0.25, 0.3) is 0 Å². The third kappa shape index (κ3) is 2.56. The zero-order valence-corrected chi connectivity index (χ0v) is 13.6. The number of rotatable bonds is 3. The molecule has 1 aromatic carbocycles. The summed E-state index contributed by atoms with van der Waals surface area (Å²) in [5.74, 6) is -1.07. The van der Waals surface area contributed by atoms with E-state index in [2.05, 4.69) is 5.32 Å². The standard InChI is InChI=1S/C17H19N3O4/c1-19-15(22)14(16(23)20(2)17(19)24)13(21)9-12-11-6-4-3-5-10(11)7-8-18-12/h3-6,12,18,22H,7-9H2,1-2H3/t12-/m1/s1. The van der Waals surface area contributed by atoms with Crippen molar-refractivity contribution in [2.24, 2.45) is 14.1 Å². The number of benzene rings is 1. The van der Waals surface area contributed by atoms with E-state index in [9.17, 15) is 19.5 Å². The summed E-state index contributed by atoms with van der Waals surface area (Å²) in [5.41, 5.74) is 0.411. The monoisotopic (exact) mass is 329 g/mol. The van der Waals surface area contributed by atoms with Crippen LogP contribution in [-0.4, -0.2) is 26.6 Å². The van der Waals surface area contributed by atoms with Crippen molar-refractivity contribution in [3.63, 3.8) is 0 Å². The topological polar surface area (TPSA) is 93.3 Å². The highest BCUT2D eigenvalue weighted by atomic mass is 16.3. The molecule has 2 aromatic rings. The zero-order valence-electron chi connectivity index (χ0n) is 13.6. The molecule has 1 aliphatic rings. The summed E-state index contributed by atoms with van der Waals surface area (Å²) in [6.07, 6.45) is 0.922. The first-order chi connectivity index (χ1) is 11.4. The van der Waals surface area contributed by atoms with Crippen molar-refractivity contribution in [2.45, 2.75) is 18.9 Å². The third-order valence-electron chi connectivity index (χ3n) is 4.52. The van der Waals surface area contributed by atoms with Crippen LogP contribution in [-0.2, 0) is 20.5 Å². The van der Waals surface area contributed by atoms with Crippen LogP contribution in [0, 0.1) is 0 Å². The van der Waals surface area contributed by atoms with Gasteiger partial charge in [0, 0.05) is 26.6 Å². The quantitative estimate of drug-likeness (QED) is 0.788. The second kappa shape index (κ2) is 6.09. The molecule has 0 aliphatic carbocycles. The van der Waals surface area contributed by atoms with Crippen LogP contribution in [0.15, 0.2) is 33.9 Å². The van der Waals surface area contributed by atoms with Crippen LogP contribution in [0.4, 0.5) is 0 Å². The van der Waals surface area contributed by atoms with Gasteiger partial charge in [0.2, 0.25) is 5.88 Å². The number of aromatic nitrogens is 2. The average Bonchev–Trinajstić information content (AvgIpc) is 2.59. The number of nitrogens with one attached hydrogen (secondary N) is 1. The summed E-state index contributed by atoms with van der Waals surface area (Å²) < 4.78 is 1.73. The van der Waals surface area contributed by atoms with E-state index in [1.807, 2.05) is 24.3 Å². The first-order valence-electron chi connectivity index (χ1n) is 7.75. The first-order valence-corrected chi connectivity index (χ1v) is 7.75. The molecule has 126 valence electrons. The summed E-state index contributed by atoms with van der Waals surface area (Å²) >= 11 is 0. The number of carbonyl (C=O) groups excluding carboxylic acids is 1.